The molecular formula is C18H13F2N3OS. The first-order chi connectivity index (χ1) is 12.1. The van der Waals surface area contributed by atoms with Gasteiger partial charge in [-0.1, -0.05) is 18.2 Å². The van der Waals surface area contributed by atoms with Gasteiger partial charge in [-0.3, -0.25) is 5.43 Å². The molecule has 0 unspecified atom stereocenters. The molecule has 1 aromatic heterocycles. The third kappa shape index (κ3) is 4.48. The summed E-state index contributed by atoms with van der Waals surface area (Å²) in [6, 6.07) is 15.9. The Balaban J connectivity index is 1.61. The molecule has 0 fully saturated rings. The van der Waals surface area contributed by atoms with E-state index in [1.165, 1.54) is 18.3 Å². The number of thiocarbonyl (C=S) groups is 1. The van der Waals surface area contributed by atoms with Crippen LogP contribution in [0.4, 0.5) is 14.5 Å². The zero-order valence-electron chi connectivity index (χ0n) is 12.9. The average Bonchev–Trinajstić information content (AvgIpc) is 3.04. The number of furan rings is 1. The molecule has 3 aromatic rings. The fourth-order valence-corrected chi connectivity index (χ4v) is 2.26. The Morgan fingerprint density at radius 2 is 1.84 bits per heavy atom. The van der Waals surface area contributed by atoms with Crippen LogP contribution in [-0.2, 0) is 0 Å². The molecule has 0 saturated heterocycles. The smallest absolute Gasteiger partial charge is 0.191 e. The van der Waals surface area contributed by atoms with E-state index in [1.54, 1.807) is 12.1 Å². The lowest BCUT2D eigenvalue weighted by Gasteiger charge is -2.05. The molecule has 2 aromatic carbocycles. The first kappa shape index (κ1) is 16.8. The minimum absolute atomic E-state index is 0.176. The van der Waals surface area contributed by atoms with Crippen molar-refractivity contribution in [3.8, 4) is 11.3 Å². The van der Waals surface area contributed by atoms with E-state index < -0.39 is 11.6 Å². The Morgan fingerprint density at radius 3 is 2.60 bits per heavy atom. The minimum atomic E-state index is -0.691. The zero-order chi connectivity index (χ0) is 17.6. The number of anilines is 1. The van der Waals surface area contributed by atoms with Crippen molar-refractivity contribution in [2.24, 2.45) is 5.10 Å². The van der Waals surface area contributed by atoms with Gasteiger partial charge < -0.3 is 9.73 Å². The first-order valence-electron chi connectivity index (χ1n) is 7.32. The average molecular weight is 357 g/mol. The molecule has 25 heavy (non-hydrogen) atoms. The van der Waals surface area contributed by atoms with Crippen molar-refractivity contribution in [2.45, 2.75) is 0 Å². The van der Waals surface area contributed by atoms with Gasteiger partial charge in [-0.25, -0.2) is 8.78 Å². The highest BCUT2D eigenvalue weighted by Gasteiger charge is 2.10. The topological polar surface area (TPSA) is 49.6 Å². The lowest BCUT2D eigenvalue weighted by molar-refractivity contribution is 0.556. The molecule has 126 valence electrons. The van der Waals surface area contributed by atoms with E-state index in [9.17, 15) is 8.78 Å². The predicted octanol–water partition coefficient (Wildman–Crippen LogP) is 4.55. The van der Waals surface area contributed by atoms with Crippen molar-refractivity contribution in [2.75, 3.05) is 5.32 Å². The van der Waals surface area contributed by atoms with Gasteiger partial charge in [-0.2, -0.15) is 5.10 Å². The molecule has 4 nitrogen and oxygen atoms in total. The zero-order valence-corrected chi connectivity index (χ0v) is 13.7. The number of halogens is 2. The Kier molecular flexibility index (Phi) is 5.15. The second-order valence-corrected chi connectivity index (χ2v) is 5.42. The minimum Gasteiger partial charge on any atom is -0.455 e. The number of nitrogens with one attached hydrogen (secondary N) is 2. The summed E-state index contributed by atoms with van der Waals surface area (Å²) in [4.78, 5) is 0. The Bertz CT molecular complexity index is 910. The molecule has 0 saturated carbocycles. The molecule has 2 N–H and O–H groups in total. The lowest BCUT2D eigenvalue weighted by Crippen LogP contribution is -2.23. The van der Waals surface area contributed by atoms with Crippen molar-refractivity contribution >= 4 is 29.2 Å². The molecule has 0 aliphatic heterocycles. The third-order valence-corrected chi connectivity index (χ3v) is 3.41. The highest BCUT2D eigenvalue weighted by atomic mass is 32.1. The molecule has 3 rings (SSSR count). The highest BCUT2D eigenvalue weighted by Crippen LogP contribution is 2.25. The van der Waals surface area contributed by atoms with Crippen molar-refractivity contribution < 1.29 is 13.2 Å². The summed E-state index contributed by atoms with van der Waals surface area (Å²) in [7, 11) is 0. The van der Waals surface area contributed by atoms with Gasteiger partial charge in [0.15, 0.2) is 5.11 Å². The Labute approximate surface area is 148 Å². The molecule has 0 aliphatic rings. The van der Waals surface area contributed by atoms with Gasteiger partial charge in [0.25, 0.3) is 0 Å². The number of rotatable bonds is 4. The number of hydrogen-bond acceptors (Lipinski definition) is 3. The monoisotopic (exact) mass is 357 g/mol. The maximum absolute atomic E-state index is 13.7. The number of hydrogen-bond donors (Lipinski definition) is 2. The van der Waals surface area contributed by atoms with Crippen LogP contribution >= 0.6 is 12.2 Å². The van der Waals surface area contributed by atoms with E-state index >= 15 is 0 Å². The molecular weight excluding hydrogens is 344 g/mol. The summed E-state index contributed by atoms with van der Waals surface area (Å²) < 4.78 is 32.2. The first-order valence-corrected chi connectivity index (χ1v) is 7.73. The van der Waals surface area contributed by atoms with E-state index in [2.05, 4.69) is 15.8 Å². The van der Waals surface area contributed by atoms with Crippen LogP contribution in [0.1, 0.15) is 5.76 Å². The van der Waals surface area contributed by atoms with Crippen LogP contribution in [0.15, 0.2) is 70.2 Å². The number of nitrogens with zero attached hydrogens (tertiary/aromatic N) is 1. The van der Waals surface area contributed by atoms with Gasteiger partial charge in [0.2, 0.25) is 0 Å². The molecule has 0 atom stereocenters. The SMILES string of the molecule is Fc1ccc(-c2ccc(/C=N\NC(=S)Nc3ccccc3)o2)c(F)c1. The maximum atomic E-state index is 13.7. The van der Waals surface area contributed by atoms with E-state index in [-0.39, 0.29) is 11.3 Å². The standard InChI is InChI=1S/C18H13F2N3OS/c19-12-6-8-15(16(20)10-12)17-9-7-14(24-17)11-21-23-18(25)22-13-4-2-1-3-5-13/h1-11H,(H2,22,23,25)/b21-11-. The van der Waals surface area contributed by atoms with Gasteiger partial charge in [0.1, 0.15) is 23.2 Å². The molecule has 7 heteroatoms. The number of para-hydroxylation sites is 1. The van der Waals surface area contributed by atoms with Gasteiger partial charge in [-0.15, -0.1) is 0 Å². The van der Waals surface area contributed by atoms with Crippen molar-refractivity contribution in [1.82, 2.24) is 5.43 Å². The molecule has 0 spiro atoms. The lowest BCUT2D eigenvalue weighted by atomic mass is 10.1. The summed E-state index contributed by atoms with van der Waals surface area (Å²) in [5.41, 5.74) is 3.67. The Morgan fingerprint density at radius 1 is 1.04 bits per heavy atom. The summed E-state index contributed by atoms with van der Waals surface area (Å²) in [5.74, 6) is -0.653. The summed E-state index contributed by atoms with van der Waals surface area (Å²) in [6.45, 7) is 0. The van der Waals surface area contributed by atoms with Crippen molar-refractivity contribution in [3.63, 3.8) is 0 Å². The van der Waals surface area contributed by atoms with Crippen LogP contribution < -0.4 is 10.7 Å². The predicted molar refractivity (Wildman–Crippen MR) is 97.5 cm³/mol. The van der Waals surface area contributed by atoms with E-state index in [4.69, 9.17) is 16.6 Å². The maximum Gasteiger partial charge on any atom is 0.191 e. The molecule has 0 amide bonds. The molecule has 0 radical (unpaired) electrons. The summed E-state index contributed by atoms with van der Waals surface area (Å²) >= 11 is 5.11. The van der Waals surface area contributed by atoms with Crippen molar-refractivity contribution in [1.29, 1.82) is 0 Å². The van der Waals surface area contributed by atoms with Crippen LogP contribution in [0, 0.1) is 11.6 Å². The second-order valence-electron chi connectivity index (χ2n) is 5.02. The number of hydrazone groups is 1. The molecule has 0 aliphatic carbocycles. The van der Waals surface area contributed by atoms with Gasteiger partial charge in [0.05, 0.1) is 11.8 Å². The van der Waals surface area contributed by atoms with Gasteiger partial charge >= 0.3 is 0 Å². The third-order valence-electron chi connectivity index (χ3n) is 3.21. The summed E-state index contributed by atoms with van der Waals surface area (Å²) in [5, 5.41) is 7.24. The highest BCUT2D eigenvalue weighted by molar-refractivity contribution is 7.80. The van der Waals surface area contributed by atoms with Crippen LogP contribution in [0.5, 0.6) is 0 Å². The fraction of sp³-hybridized carbons (Fsp3) is 0. The van der Waals surface area contributed by atoms with Crippen LogP contribution in [0.2, 0.25) is 0 Å². The van der Waals surface area contributed by atoms with Gasteiger partial charge in [0, 0.05) is 11.8 Å². The molecule has 0 bridgehead atoms. The van der Waals surface area contributed by atoms with Crippen LogP contribution in [-0.4, -0.2) is 11.3 Å². The Hall–Kier alpha value is -3.06. The second kappa shape index (κ2) is 7.67. The fourth-order valence-electron chi connectivity index (χ4n) is 2.09. The van der Waals surface area contributed by atoms with E-state index in [1.807, 2.05) is 30.3 Å². The van der Waals surface area contributed by atoms with Crippen LogP contribution in [0.3, 0.4) is 0 Å². The quantitative estimate of drug-likeness (QED) is 0.409. The molecule has 1 heterocycles. The van der Waals surface area contributed by atoms with E-state index in [0.717, 1.165) is 11.8 Å². The van der Waals surface area contributed by atoms with E-state index in [0.29, 0.717) is 10.9 Å². The number of benzene rings is 2. The van der Waals surface area contributed by atoms with Crippen molar-refractivity contribution in [3.05, 3.63) is 78.1 Å². The van der Waals surface area contributed by atoms with Gasteiger partial charge in [-0.05, 0) is 48.6 Å². The van der Waals surface area contributed by atoms with Crippen LogP contribution in [0.25, 0.3) is 11.3 Å². The summed E-state index contributed by atoms with van der Waals surface area (Å²) in [6.07, 6.45) is 1.41. The largest absolute Gasteiger partial charge is 0.455 e. The normalized spacial score (nSPS) is 10.8.